The summed E-state index contributed by atoms with van der Waals surface area (Å²) in [6.45, 7) is 11.3. The van der Waals surface area contributed by atoms with Gasteiger partial charge in [-0.15, -0.1) is 0 Å². The Bertz CT molecular complexity index is 210. The largest absolute Gasteiger partial charge is 0.212 e. The monoisotopic (exact) mass is 168 g/mol. The van der Waals surface area contributed by atoms with Crippen LogP contribution in [-0.4, -0.2) is 0 Å². The molecule has 0 aromatic carbocycles. The van der Waals surface area contributed by atoms with Crippen molar-refractivity contribution in [3.05, 3.63) is 36.2 Å². The minimum atomic E-state index is -0.182. The Hall–Kier alpha value is -0.850. The lowest BCUT2D eigenvalue weighted by molar-refractivity contribution is 0.517. The highest BCUT2D eigenvalue weighted by molar-refractivity contribution is 5.27. The molecule has 1 heteroatoms. The summed E-state index contributed by atoms with van der Waals surface area (Å²) >= 11 is 0. The van der Waals surface area contributed by atoms with Gasteiger partial charge >= 0.3 is 0 Å². The molecule has 12 heavy (non-hydrogen) atoms. The van der Waals surface area contributed by atoms with Gasteiger partial charge in [0.25, 0.3) is 0 Å². The van der Waals surface area contributed by atoms with E-state index in [0.29, 0.717) is 0 Å². The van der Waals surface area contributed by atoms with Crippen LogP contribution in [0.3, 0.4) is 0 Å². The zero-order valence-electron chi connectivity index (χ0n) is 8.32. The molecule has 0 heterocycles. The minimum absolute atomic E-state index is 0.0354. The standard InChI is InChI=1S/C11H17F/c1-6-10(11(3,4)5)8-7-9(2)12/h6-8H,1H2,2-5H3/b9-7+,10-8+. The molecule has 0 rings (SSSR count). The van der Waals surface area contributed by atoms with Gasteiger partial charge in [-0.05, 0) is 24.0 Å². The predicted molar refractivity (Wildman–Crippen MR) is 52.6 cm³/mol. The van der Waals surface area contributed by atoms with Gasteiger partial charge in [0, 0.05) is 0 Å². The van der Waals surface area contributed by atoms with Crippen LogP contribution in [0, 0.1) is 5.41 Å². The van der Waals surface area contributed by atoms with Crippen LogP contribution in [0.15, 0.2) is 36.2 Å². The first-order chi connectivity index (χ1) is 5.38. The summed E-state index contributed by atoms with van der Waals surface area (Å²) in [5.74, 6) is -0.182. The van der Waals surface area contributed by atoms with Gasteiger partial charge in [0.2, 0.25) is 0 Å². The van der Waals surface area contributed by atoms with Crippen LogP contribution in [0.4, 0.5) is 4.39 Å². The predicted octanol–water partition coefficient (Wildman–Crippen LogP) is 4.02. The van der Waals surface area contributed by atoms with Gasteiger partial charge in [0.15, 0.2) is 0 Å². The molecule has 0 saturated carbocycles. The van der Waals surface area contributed by atoms with E-state index in [4.69, 9.17) is 0 Å². The summed E-state index contributed by atoms with van der Waals surface area (Å²) in [5.41, 5.74) is 1.08. The van der Waals surface area contributed by atoms with Gasteiger partial charge in [-0.3, -0.25) is 0 Å². The van der Waals surface area contributed by atoms with Crippen molar-refractivity contribution in [3.8, 4) is 0 Å². The van der Waals surface area contributed by atoms with Gasteiger partial charge in [-0.25, -0.2) is 4.39 Å². The molecule has 0 aromatic heterocycles. The fourth-order valence-electron chi connectivity index (χ4n) is 0.829. The highest BCUT2D eigenvalue weighted by Crippen LogP contribution is 2.25. The Kier molecular flexibility index (Phi) is 3.94. The molecule has 0 atom stereocenters. The van der Waals surface area contributed by atoms with Crippen molar-refractivity contribution in [1.29, 1.82) is 0 Å². The summed E-state index contributed by atoms with van der Waals surface area (Å²) in [4.78, 5) is 0. The molecule has 68 valence electrons. The van der Waals surface area contributed by atoms with Crippen molar-refractivity contribution in [2.75, 3.05) is 0 Å². The van der Waals surface area contributed by atoms with Gasteiger partial charge in [0.05, 0.1) is 5.83 Å². The van der Waals surface area contributed by atoms with Crippen LogP contribution in [-0.2, 0) is 0 Å². The number of rotatable bonds is 2. The Morgan fingerprint density at radius 2 is 1.75 bits per heavy atom. The molecule has 0 bridgehead atoms. The lowest BCUT2D eigenvalue weighted by Crippen LogP contribution is -2.06. The minimum Gasteiger partial charge on any atom is -0.212 e. The second-order valence-electron chi connectivity index (χ2n) is 3.83. The number of hydrogen-bond donors (Lipinski definition) is 0. The van der Waals surface area contributed by atoms with Crippen LogP contribution in [0.2, 0.25) is 0 Å². The maximum atomic E-state index is 12.4. The fourth-order valence-corrected chi connectivity index (χ4v) is 0.829. The third-order valence-electron chi connectivity index (χ3n) is 1.58. The van der Waals surface area contributed by atoms with Gasteiger partial charge in [-0.1, -0.05) is 39.5 Å². The first kappa shape index (κ1) is 11.2. The summed E-state index contributed by atoms with van der Waals surface area (Å²) in [5, 5.41) is 0. The lowest BCUT2D eigenvalue weighted by Gasteiger charge is -2.19. The van der Waals surface area contributed by atoms with Crippen LogP contribution < -0.4 is 0 Å². The summed E-state index contributed by atoms with van der Waals surface area (Å²) in [7, 11) is 0. The maximum Gasteiger partial charge on any atom is 0.0968 e. The van der Waals surface area contributed by atoms with E-state index in [2.05, 4.69) is 27.4 Å². The highest BCUT2D eigenvalue weighted by atomic mass is 19.1. The van der Waals surface area contributed by atoms with E-state index in [-0.39, 0.29) is 11.2 Å². The summed E-state index contributed by atoms with van der Waals surface area (Å²) in [6.07, 6.45) is 4.99. The average Bonchev–Trinajstić information content (AvgIpc) is 1.85. The van der Waals surface area contributed by atoms with Crippen molar-refractivity contribution in [1.82, 2.24) is 0 Å². The lowest BCUT2D eigenvalue weighted by atomic mass is 9.86. The van der Waals surface area contributed by atoms with Crippen molar-refractivity contribution in [3.63, 3.8) is 0 Å². The van der Waals surface area contributed by atoms with Gasteiger partial charge in [-0.2, -0.15) is 0 Å². The molecule has 0 unspecified atom stereocenters. The van der Waals surface area contributed by atoms with E-state index >= 15 is 0 Å². The number of halogens is 1. The third-order valence-corrected chi connectivity index (χ3v) is 1.58. The number of hydrogen-bond acceptors (Lipinski definition) is 0. The van der Waals surface area contributed by atoms with Crippen LogP contribution >= 0.6 is 0 Å². The molecule has 0 aliphatic rings. The van der Waals surface area contributed by atoms with Gasteiger partial charge in [0.1, 0.15) is 0 Å². The van der Waals surface area contributed by atoms with E-state index in [1.165, 1.54) is 13.0 Å². The Labute approximate surface area is 74.5 Å². The topological polar surface area (TPSA) is 0 Å². The fraction of sp³-hybridized carbons (Fsp3) is 0.455. The molecule has 0 amide bonds. The van der Waals surface area contributed by atoms with Crippen molar-refractivity contribution >= 4 is 0 Å². The Morgan fingerprint density at radius 3 is 2.00 bits per heavy atom. The van der Waals surface area contributed by atoms with Crippen LogP contribution in [0.1, 0.15) is 27.7 Å². The number of allylic oxidation sites excluding steroid dienone is 5. The molecule has 0 aliphatic heterocycles. The first-order valence-corrected chi connectivity index (χ1v) is 4.05. The molecule has 0 saturated heterocycles. The Balaban J connectivity index is 4.68. The zero-order valence-corrected chi connectivity index (χ0v) is 8.32. The van der Waals surface area contributed by atoms with Gasteiger partial charge < -0.3 is 0 Å². The molecule has 0 nitrogen and oxygen atoms in total. The molecule has 0 spiro atoms. The van der Waals surface area contributed by atoms with E-state index in [1.54, 1.807) is 12.2 Å². The Morgan fingerprint density at radius 1 is 1.25 bits per heavy atom. The maximum absolute atomic E-state index is 12.4. The van der Waals surface area contributed by atoms with Crippen LogP contribution in [0.25, 0.3) is 0 Å². The first-order valence-electron chi connectivity index (χ1n) is 4.05. The smallest absolute Gasteiger partial charge is 0.0968 e. The van der Waals surface area contributed by atoms with E-state index in [9.17, 15) is 4.39 Å². The van der Waals surface area contributed by atoms with E-state index in [0.717, 1.165) is 5.57 Å². The second-order valence-corrected chi connectivity index (χ2v) is 3.83. The summed E-state index contributed by atoms with van der Waals surface area (Å²) < 4.78 is 12.4. The average molecular weight is 168 g/mol. The quantitative estimate of drug-likeness (QED) is 0.546. The molecule has 0 aliphatic carbocycles. The SMILES string of the molecule is C=C/C(=C\C=C(/C)F)C(C)(C)C. The van der Waals surface area contributed by atoms with Crippen molar-refractivity contribution < 1.29 is 4.39 Å². The molecule has 0 aromatic rings. The summed E-state index contributed by atoms with van der Waals surface area (Å²) in [6, 6.07) is 0. The molecule has 0 N–H and O–H groups in total. The molecular formula is C11H17F. The zero-order chi connectivity index (χ0) is 9.78. The van der Waals surface area contributed by atoms with Crippen molar-refractivity contribution in [2.45, 2.75) is 27.7 Å². The van der Waals surface area contributed by atoms with Crippen LogP contribution in [0.5, 0.6) is 0 Å². The third kappa shape index (κ3) is 4.12. The van der Waals surface area contributed by atoms with E-state index < -0.39 is 0 Å². The highest BCUT2D eigenvalue weighted by Gasteiger charge is 2.12. The van der Waals surface area contributed by atoms with E-state index in [1.807, 2.05) is 0 Å². The molecule has 0 fully saturated rings. The normalized spacial score (nSPS) is 14.8. The molecular weight excluding hydrogens is 151 g/mol. The second kappa shape index (κ2) is 4.24. The molecule has 0 radical (unpaired) electrons. The van der Waals surface area contributed by atoms with Crippen molar-refractivity contribution in [2.24, 2.45) is 5.41 Å².